The van der Waals surface area contributed by atoms with E-state index in [2.05, 4.69) is 4.74 Å². The monoisotopic (exact) mass is 233 g/mol. The summed E-state index contributed by atoms with van der Waals surface area (Å²) in [5.41, 5.74) is 1.13. The average Bonchev–Trinajstić information content (AvgIpc) is 2.71. The second-order valence-corrected chi connectivity index (χ2v) is 4.12. The van der Waals surface area contributed by atoms with Gasteiger partial charge in [0, 0.05) is 12.5 Å². The molecule has 1 aliphatic heterocycles. The van der Waals surface area contributed by atoms with Crippen LogP contribution in [0.25, 0.3) is 0 Å². The van der Waals surface area contributed by atoms with Gasteiger partial charge in [0.2, 0.25) is 5.91 Å². The van der Waals surface area contributed by atoms with Crippen LogP contribution in [0.4, 0.5) is 4.79 Å². The number of benzene rings is 1. The normalized spacial score (nSPS) is 19.5. The van der Waals surface area contributed by atoms with Crippen LogP contribution in [-0.2, 0) is 16.0 Å². The van der Waals surface area contributed by atoms with E-state index in [-0.39, 0.29) is 11.9 Å². The summed E-state index contributed by atoms with van der Waals surface area (Å²) < 4.78 is 4.64. The molecule has 4 heteroatoms. The first kappa shape index (κ1) is 11.6. The fourth-order valence-corrected chi connectivity index (χ4v) is 2.17. The molecule has 1 fully saturated rings. The quantitative estimate of drug-likeness (QED) is 0.784. The smallest absolute Gasteiger partial charge is 0.416 e. The zero-order valence-corrected chi connectivity index (χ0v) is 9.76. The Kier molecular flexibility index (Phi) is 3.42. The molecule has 1 saturated heterocycles. The molecule has 0 N–H and O–H groups in total. The molecule has 1 aliphatic rings. The highest BCUT2D eigenvalue weighted by atomic mass is 16.5. The molecule has 1 aromatic carbocycles. The van der Waals surface area contributed by atoms with Crippen molar-refractivity contribution >= 4 is 12.0 Å². The van der Waals surface area contributed by atoms with Gasteiger partial charge in [-0.25, -0.2) is 9.69 Å². The summed E-state index contributed by atoms with van der Waals surface area (Å²) in [6, 6.07) is 9.78. The molecule has 4 nitrogen and oxygen atoms in total. The van der Waals surface area contributed by atoms with E-state index in [1.165, 1.54) is 12.0 Å². The maximum Gasteiger partial charge on any atom is 0.416 e. The Morgan fingerprint density at radius 2 is 2.12 bits per heavy atom. The van der Waals surface area contributed by atoms with Crippen LogP contribution in [0.15, 0.2) is 30.3 Å². The van der Waals surface area contributed by atoms with Crippen molar-refractivity contribution in [2.45, 2.75) is 25.3 Å². The van der Waals surface area contributed by atoms with Crippen LogP contribution in [-0.4, -0.2) is 30.1 Å². The average molecular weight is 233 g/mol. The summed E-state index contributed by atoms with van der Waals surface area (Å²) in [7, 11) is 1.30. The maximum atomic E-state index is 11.6. The number of rotatable bonds is 2. The van der Waals surface area contributed by atoms with Crippen LogP contribution in [0.3, 0.4) is 0 Å². The van der Waals surface area contributed by atoms with Crippen molar-refractivity contribution in [3.05, 3.63) is 35.9 Å². The number of imide groups is 1. The van der Waals surface area contributed by atoms with Crippen LogP contribution in [0.5, 0.6) is 0 Å². The Bertz CT molecular complexity index is 416. The third-order valence-electron chi connectivity index (χ3n) is 3.01. The van der Waals surface area contributed by atoms with E-state index in [1.807, 2.05) is 30.3 Å². The maximum absolute atomic E-state index is 11.6. The van der Waals surface area contributed by atoms with E-state index in [1.54, 1.807) is 0 Å². The van der Waals surface area contributed by atoms with Crippen molar-refractivity contribution in [2.24, 2.45) is 0 Å². The van der Waals surface area contributed by atoms with E-state index >= 15 is 0 Å². The van der Waals surface area contributed by atoms with Gasteiger partial charge >= 0.3 is 6.09 Å². The van der Waals surface area contributed by atoms with Crippen molar-refractivity contribution in [3.8, 4) is 0 Å². The van der Waals surface area contributed by atoms with Gasteiger partial charge in [0.1, 0.15) is 0 Å². The Morgan fingerprint density at radius 3 is 2.76 bits per heavy atom. The van der Waals surface area contributed by atoms with E-state index in [0.717, 1.165) is 5.56 Å². The number of likely N-dealkylation sites (tertiary alicyclic amines) is 1. The van der Waals surface area contributed by atoms with Gasteiger partial charge in [0.05, 0.1) is 7.11 Å². The van der Waals surface area contributed by atoms with Crippen LogP contribution >= 0.6 is 0 Å². The molecule has 0 bridgehead atoms. The van der Waals surface area contributed by atoms with Crippen LogP contribution < -0.4 is 0 Å². The molecule has 1 atom stereocenters. The lowest BCUT2D eigenvalue weighted by Gasteiger charge is -2.21. The SMILES string of the molecule is COC(=O)N1C(=O)CCC1Cc1ccccc1. The molecular weight excluding hydrogens is 218 g/mol. The van der Waals surface area contributed by atoms with Gasteiger partial charge in [-0.05, 0) is 18.4 Å². The Labute approximate surface area is 100 Å². The number of amides is 2. The molecule has 1 heterocycles. The van der Waals surface area contributed by atoms with Gasteiger partial charge in [-0.1, -0.05) is 30.3 Å². The van der Waals surface area contributed by atoms with Crippen LogP contribution in [0.2, 0.25) is 0 Å². The van der Waals surface area contributed by atoms with Gasteiger partial charge in [0.15, 0.2) is 0 Å². The highest BCUT2D eigenvalue weighted by Gasteiger charge is 2.36. The summed E-state index contributed by atoms with van der Waals surface area (Å²) >= 11 is 0. The Hall–Kier alpha value is -1.84. The number of hydrogen-bond donors (Lipinski definition) is 0. The van der Waals surface area contributed by atoms with Crippen molar-refractivity contribution in [1.82, 2.24) is 4.90 Å². The molecule has 17 heavy (non-hydrogen) atoms. The van der Waals surface area contributed by atoms with Gasteiger partial charge < -0.3 is 4.74 Å². The van der Waals surface area contributed by atoms with Crippen LogP contribution in [0.1, 0.15) is 18.4 Å². The van der Waals surface area contributed by atoms with Gasteiger partial charge in [-0.3, -0.25) is 4.79 Å². The minimum Gasteiger partial charge on any atom is -0.452 e. The minimum atomic E-state index is -0.548. The fraction of sp³-hybridized carbons (Fsp3) is 0.385. The number of nitrogens with zero attached hydrogens (tertiary/aromatic N) is 1. The third kappa shape index (κ3) is 2.46. The largest absolute Gasteiger partial charge is 0.452 e. The van der Waals surface area contributed by atoms with Crippen molar-refractivity contribution in [1.29, 1.82) is 0 Å². The van der Waals surface area contributed by atoms with Crippen molar-refractivity contribution in [3.63, 3.8) is 0 Å². The first-order valence-electron chi connectivity index (χ1n) is 5.66. The topological polar surface area (TPSA) is 46.6 Å². The highest BCUT2D eigenvalue weighted by molar-refractivity contribution is 5.94. The van der Waals surface area contributed by atoms with Crippen LogP contribution in [0, 0.1) is 0 Å². The summed E-state index contributed by atoms with van der Waals surface area (Å²) in [5.74, 6) is -0.141. The molecular formula is C13H15NO3. The van der Waals surface area contributed by atoms with E-state index < -0.39 is 6.09 Å². The predicted octanol–water partition coefficient (Wildman–Crippen LogP) is 1.99. The number of hydrogen-bond acceptors (Lipinski definition) is 3. The van der Waals surface area contributed by atoms with Gasteiger partial charge in [-0.15, -0.1) is 0 Å². The number of methoxy groups -OCH3 is 1. The van der Waals surface area contributed by atoms with E-state index in [9.17, 15) is 9.59 Å². The zero-order chi connectivity index (χ0) is 12.3. The predicted molar refractivity (Wildman–Crippen MR) is 62.4 cm³/mol. The molecule has 0 spiro atoms. The van der Waals surface area contributed by atoms with E-state index in [0.29, 0.717) is 19.3 Å². The fourth-order valence-electron chi connectivity index (χ4n) is 2.17. The molecule has 1 unspecified atom stereocenters. The summed E-state index contributed by atoms with van der Waals surface area (Å²) in [6.07, 6.45) is 1.28. The molecule has 2 rings (SSSR count). The van der Waals surface area contributed by atoms with E-state index in [4.69, 9.17) is 0 Å². The molecule has 0 aliphatic carbocycles. The molecule has 0 aromatic heterocycles. The second kappa shape index (κ2) is 4.99. The first-order chi connectivity index (χ1) is 8.22. The lowest BCUT2D eigenvalue weighted by Crippen LogP contribution is -2.39. The third-order valence-corrected chi connectivity index (χ3v) is 3.01. The lowest BCUT2D eigenvalue weighted by atomic mass is 10.0. The molecule has 1 aromatic rings. The molecule has 2 amide bonds. The number of carbonyl (C=O) groups excluding carboxylic acids is 2. The zero-order valence-electron chi connectivity index (χ0n) is 9.76. The summed E-state index contributed by atoms with van der Waals surface area (Å²) in [6.45, 7) is 0. The van der Waals surface area contributed by atoms with Crippen molar-refractivity contribution < 1.29 is 14.3 Å². The second-order valence-electron chi connectivity index (χ2n) is 4.12. The lowest BCUT2D eigenvalue weighted by molar-refractivity contribution is -0.127. The first-order valence-corrected chi connectivity index (χ1v) is 5.66. The molecule has 90 valence electrons. The highest BCUT2D eigenvalue weighted by Crippen LogP contribution is 2.22. The standard InChI is InChI=1S/C13H15NO3/c1-17-13(16)14-11(7-8-12(14)15)9-10-5-3-2-4-6-10/h2-6,11H,7-9H2,1H3. The molecule has 0 saturated carbocycles. The van der Waals surface area contributed by atoms with Gasteiger partial charge in [-0.2, -0.15) is 0 Å². The minimum absolute atomic E-state index is 0.0719. The van der Waals surface area contributed by atoms with Gasteiger partial charge in [0.25, 0.3) is 0 Å². The Balaban J connectivity index is 2.10. The van der Waals surface area contributed by atoms with Crippen molar-refractivity contribution in [2.75, 3.05) is 7.11 Å². The Morgan fingerprint density at radius 1 is 1.41 bits per heavy atom. The number of carbonyl (C=O) groups is 2. The number of ether oxygens (including phenoxy) is 1. The molecule has 0 radical (unpaired) electrons. The summed E-state index contributed by atoms with van der Waals surface area (Å²) in [5, 5.41) is 0. The summed E-state index contributed by atoms with van der Waals surface area (Å²) in [4.78, 5) is 24.4.